The van der Waals surface area contributed by atoms with E-state index in [2.05, 4.69) is 27.9 Å². The summed E-state index contributed by atoms with van der Waals surface area (Å²) in [6.45, 7) is 2.53. The minimum absolute atomic E-state index is 0.123. The number of carbonyl (C=O) groups is 1. The van der Waals surface area contributed by atoms with Gasteiger partial charge in [0.05, 0.1) is 5.69 Å². The number of amides is 2. The zero-order valence-corrected chi connectivity index (χ0v) is 14.9. The van der Waals surface area contributed by atoms with Crippen molar-refractivity contribution >= 4 is 6.03 Å². The van der Waals surface area contributed by atoms with Crippen LogP contribution in [0, 0.1) is 0 Å². The van der Waals surface area contributed by atoms with Crippen molar-refractivity contribution in [3.63, 3.8) is 0 Å². The maximum absolute atomic E-state index is 12.1. The van der Waals surface area contributed by atoms with E-state index in [0.717, 1.165) is 24.1 Å². The van der Waals surface area contributed by atoms with E-state index in [1.807, 2.05) is 61.7 Å². The van der Waals surface area contributed by atoms with E-state index in [-0.39, 0.29) is 12.1 Å². The van der Waals surface area contributed by atoms with E-state index in [4.69, 9.17) is 0 Å². The number of rotatable bonds is 7. The minimum atomic E-state index is -0.137. The molecule has 0 bridgehead atoms. The van der Waals surface area contributed by atoms with Gasteiger partial charge in [-0.2, -0.15) is 5.10 Å². The first-order chi connectivity index (χ1) is 12.7. The van der Waals surface area contributed by atoms with Crippen molar-refractivity contribution in [2.45, 2.75) is 32.4 Å². The van der Waals surface area contributed by atoms with Gasteiger partial charge in [-0.1, -0.05) is 42.5 Å². The van der Waals surface area contributed by atoms with Crippen LogP contribution in [0.25, 0.3) is 5.69 Å². The van der Waals surface area contributed by atoms with E-state index in [0.29, 0.717) is 6.54 Å². The Kier molecular flexibility index (Phi) is 6.04. The maximum Gasteiger partial charge on any atom is 0.315 e. The fraction of sp³-hybridized carbons (Fsp3) is 0.238. The van der Waals surface area contributed by atoms with Crippen molar-refractivity contribution in [1.82, 2.24) is 20.4 Å². The van der Waals surface area contributed by atoms with Gasteiger partial charge in [0.2, 0.25) is 0 Å². The van der Waals surface area contributed by atoms with E-state index < -0.39 is 0 Å². The van der Waals surface area contributed by atoms with Crippen LogP contribution in [0.5, 0.6) is 0 Å². The molecule has 0 saturated heterocycles. The van der Waals surface area contributed by atoms with Gasteiger partial charge < -0.3 is 10.6 Å². The van der Waals surface area contributed by atoms with Gasteiger partial charge in [-0.3, -0.25) is 0 Å². The van der Waals surface area contributed by atoms with Gasteiger partial charge in [0, 0.05) is 25.0 Å². The van der Waals surface area contributed by atoms with Crippen LogP contribution < -0.4 is 10.6 Å². The Balaban J connectivity index is 1.40. The second-order valence-corrected chi connectivity index (χ2v) is 6.37. The molecule has 1 atom stereocenters. The molecule has 134 valence electrons. The van der Waals surface area contributed by atoms with Gasteiger partial charge >= 0.3 is 6.03 Å². The Morgan fingerprint density at radius 1 is 1.04 bits per heavy atom. The molecule has 0 aliphatic heterocycles. The number of urea groups is 1. The van der Waals surface area contributed by atoms with Gasteiger partial charge in [-0.15, -0.1) is 0 Å². The Hall–Kier alpha value is -3.08. The zero-order valence-electron chi connectivity index (χ0n) is 14.9. The average molecular weight is 348 g/mol. The molecule has 0 radical (unpaired) electrons. The minimum Gasteiger partial charge on any atom is -0.336 e. The first kappa shape index (κ1) is 17.7. The molecule has 0 spiro atoms. The summed E-state index contributed by atoms with van der Waals surface area (Å²) in [6, 6.07) is 20.2. The first-order valence-electron chi connectivity index (χ1n) is 8.88. The quantitative estimate of drug-likeness (QED) is 0.684. The Labute approximate surface area is 154 Å². The molecule has 2 aromatic carbocycles. The summed E-state index contributed by atoms with van der Waals surface area (Å²) in [5.41, 5.74) is 3.34. The zero-order chi connectivity index (χ0) is 18.2. The number of aromatic nitrogens is 2. The smallest absolute Gasteiger partial charge is 0.315 e. The first-order valence-corrected chi connectivity index (χ1v) is 8.88. The van der Waals surface area contributed by atoms with Crippen LogP contribution in [-0.2, 0) is 13.0 Å². The molecule has 3 rings (SSSR count). The van der Waals surface area contributed by atoms with Crippen LogP contribution in [0.4, 0.5) is 4.79 Å². The number of nitrogens with zero attached hydrogens (tertiary/aromatic N) is 2. The summed E-state index contributed by atoms with van der Waals surface area (Å²) in [7, 11) is 0. The van der Waals surface area contributed by atoms with Gasteiger partial charge in [0.15, 0.2) is 0 Å². The van der Waals surface area contributed by atoms with Crippen LogP contribution >= 0.6 is 0 Å². The number of hydrogen-bond acceptors (Lipinski definition) is 2. The number of hydrogen-bond donors (Lipinski definition) is 2. The third-order valence-electron chi connectivity index (χ3n) is 4.24. The molecule has 2 amide bonds. The second kappa shape index (κ2) is 8.85. The number of benzene rings is 2. The number of nitrogens with one attached hydrogen (secondary N) is 2. The van der Waals surface area contributed by atoms with E-state index in [1.54, 1.807) is 10.9 Å². The summed E-state index contributed by atoms with van der Waals surface area (Å²) >= 11 is 0. The molecule has 1 heterocycles. The molecule has 0 aliphatic carbocycles. The predicted octanol–water partition coefficient (Wildman–Crippen LogP) is 3.69. The summed E-state index contributed by atoms with van der Waals surface area (Å²) < 4.78 is 1.80. The normalized spacial score (nSPS) is 11.7. The Morgan fingerprint density at radius 2 is 1.81 bits per heavy atom. The molecule has 0 saturated carbocycles. The lowest BCUT2D eigenvalue weighted by atomic mass is 10.1. The van der Waals surface area contributed by atoms with Crippen molar-refractivity contribution in [3.05, 3.63) is 84.2 Å². The number of aryl methyl sites for hydroxylation is 1. The largest absolute Gasteiger partial charge is 0.336 e. The van der Waals surface area contributed by atoms with E-state index in [9.17, 15) is 4.79 Å². The highest BCUT2D eigenvalue weighted by molar-refractivity contribution is 5.74. The molecule has 1 unspecified atom stereocenters. The Bertz CT molecular complexity index is 798. The topological polar surface area (TPSA) is 59.0 Å². The predicted molar refractivity (Wildman–Crippen MR) is 103 cm³/mol. The average Bonchev–Trinajstić information content (AvgIpc) is 3.21. The SMILES string of the molecule is CC(CCc1ccccc1)NC(=O)NCc1ccc(-n2cccn2)cc1. The Morgan fingerprint density at radius 3 is 2.50 bits per heavy atom. The van der Waals surface area contributed by atoms with Crippen LogP contribution in [0.3, 0.4) is 0 Å². The van der Waals surface area contributed by atoms with Crippen molar-refractivity contribution in [3.8, 4) is 5.69 Å². The molecule has 26 heavy (non-hydrogen) atoms. The maximum atomic E-state index is 12.1. The fourth-order valence-corrected chi connectivity index (χ4v) is 2.75. The summed E-state index contributed by atoms with van der Waals surface area (Å²) in [5.74, 6) is 0. The molecule has 0 fully saturated rings. The van der Waals surface area contributed by atoms with Crippen molar-refractivity contribution in [2.75, 3.05) is 0 Å². The second-order valence-electron chi connectivity index (χ2n) is 6.37. The van der Waals surface area contributed by atoms with Gasteiger partial charge in [0.1, 0.15) is 0 Å². The van der Waals surface area contributed by atoms with Crippen LogP contribution in [0.15, 0.2) is 73.1 Å². The highest BCUT2D eigenvalue weighted by Gasteiger charge is 2.07. The van der Waals surface area contributed by atoms with Crippen LogP contribution in [0.2, 0.25) is 0 Å². The van der Waals surface area contributed by atoms with E-state index >= 15 is 0 Å². The van der Waals surface area contributed by atoms with Gasteiger partial charge in [0.25, 0.3) is 0 Å². The molecule has 0 aliphatic rings. The van der Waals surface area contributed by atoms with Crippen LogP contribution in [0.1, 0.15) is 24.5 Å². The third kappa shape index (κ3) is 5.21. The molecular weight excluding hydrogens is 324 g/mol. The van der Waals surface area contributed by atoms with E-state index in [1.165, 1.54) is 5.56 Å². The standard InChI is InChI=1S/C21H24N4O/c1-17(8-9-18-6-3-2-4-7-18)24-21(26)22-16-19-10-12-20(13-11-19)25-15-5-14-23-25/h2-7,10-15,17H,8-9,16H2,1H3,(H2,22,24,26). The number of carbonyl (C=O) groups excluding carboxylic acids is 1. The molecule has 2 N–H and O–H groups in total. The highest BCUT2D eigenvalue weighted by Crippen LogP contribution is 2.08. The highest BCUT2D eigenvalue weighted by atomic mass is 16.2. The van der Waals surface area contributed by atoms with Crippen molar-refractivity contribution in [1.29, 1.82) is 0 Å². The summed E-state index contributed by atoms with van der Waals surface area (Å²) in [4.78, 5) is 12.1. The lowest BCUT2D eigenvalue weighted by Crippen LogP contribution is -2.40. The van der Waals surface area contributed by atoms with Crippen molar-refractivity contribution in [2.24, 2.45) is 0 Å². The van der Waals surface area contributed by atoms with Crippen LogP contribution in [-0.4, -0.2) is 21.9 Å². The monoisotopic (exact) mass is 348 g/mol. The molecule has 1 aromatic heterocycles. The lowest BCUT2D eigenvalue weighted by Gasteiger charge is -2.15. The summed E-state index contributed by atoms with van der Waals surface area (Å²) in [6.07, 6.45) is 5.52. The lowest BCUT2D eigenvalue weighted by molar-refractivity contribution is 0.237. The molecule has 3 aromatic rings. The van der Waals surface area contributed by atoms with Crippen molar-refractivity contribution < 1.29 is 4.79 Å². The molecular formula is C21H24N4O. The molecule has 5 heteroatoms. The third-order valence-corrected chi connectivity index (χ3v) is 4.24. The molecule has 5 nitrogen and oxygen atoms in total. The van der Waals surface area contributed by atoms with Gasteiger partial charge in [-0.25, -0.2) is 9.48 Å². The summed E-state index contributed by atoms with van der Waals surface area (Å²) in [5, 5.41) is 10.1. The fourth-order valence-electron chi connectivity index (χ4n) is 2.75. The van der Waals surface area contributed by atoms with Gasteiger partial charge in [-0.05, 0) is 49.1 Å².